The molecule has 2 N–H and O–H groups in total. The second-order valence-corrected chi connectivity index (χ2v) is 9.75. The van der Waals surface area contributed by atoms with Crippen LogP contribution >= 0.6 is 11.6 Å². The Kier molecular flexibility index (Phi) is 7.69. The van der Waals surface area contributed by atoms with Crippen LogP contribution < -0.4 is 10.6 Å². The number of hydrogen-bond donors (Lipinski definition) is 2. The average molecular weight is 464 g/mol. The molecule has 1 fully saturated rings. The minimum Gasteiger partial charge on any atom is -0.350 e. The second-order valence-electron chi connectivity index (χ2n) is 7.44. The van der Waals surface area contributed by atoms with E-state index in [-0.39, 0.29) is 29.5 Å². The predicted molar refractivity (Wildman–Crippen MR) is 120 cm³/mol. The smallest absolute Gasteiger partial charge is 0.252 e. The number of nitrogens with one attached hydrogen (secondary N) is 2. The summed E-state index contributed by atoms with van der Waals surface area (Å²) in [6.07, 6.45) is 2.72. The van der Waals surface area contributed by atoms with E-state index < -0.39 is 15.9 Å². The summed E-state index contributed by atoms with van der Waals surface area (Å²) in [4.78, 5) is 24.8. The van der Waals surface area contributed by atoms with Gasteiger partial charge in [-0.1, -0.05) is 36.2 Å². The molecule has 0 bridgehead atoms. The van der Waals surface area contributed by atoms with E-state index in [0.717, 1.165) is 19.3 Å². The third-order valence-corrected chi connectivity index (χ3v) is 7.57. The fraction of sp³-hybridized carbons (Fsp3) is 0.364. The van der Waals surface area contributed by atoms with Gasteiger partial charge in [-0.2, -0.15) is 4.31 Å². The Morgan fingerprint density at radius 3 is 2.29 bits per heavy atom. The van der Waals surface area contributed by atoms with Gasteiger partial charge in [0.1, 0.15) is 0 Å². The average Bonchev–Trinajstić information content (AvgIpc) is 2.77. The lowest BCUT2D eigenvalue weighted by molar-refractivity contribution is 0.0927. The van der Waals surface area contributed by atoms with Crippen molar-refractivity contribution in [1.29, 1.82) is 0 Å². The molecule has 31 heavy (non-hydrogen) atoms. The van der Waals surface area contributed by atoms with Crippen molar-refractivity contribution in [3.05, 3.63) is 64.2 Å². The maximum atomic E-state index is 13.0. The molecule has 2 amide bonds. The number of sulfonamides is 1. The van der Waals surface area contributed by atoms with Crippen molar-refractivity contribution >= 4 is 33.4 Å². The number of hydrogen-bond acceptors (Lipinski definition) is 4. The molecule has 1 aliphatic rings. The van der Waals surface area contributed by atoms with Gasteiger partial charge < -0.3 is 10.6 Å². The van der Waals surface area contributed by atoms with Crippen LogP contribution in [0.3, 0.4) is 0 Å². The zero-order valence-electron chi connectivity index (χ0n) is 17.4. The molecule has 166 valence electrons. The molecule has 1 heterocycles. The predicted octanol–water partition coefficient (Wildman–Crippen LogP) is 2.98. The highest BCUT2D eigenvalue weighted by atomic mass is 35.5. The molecule has 1 saturated heterocycles. The summed E-state index contributed by atoms with van der Waals surface area (Å²) in [6.45, 7) is 3.13. The number of carbonyl (C=O) groups excluding carboxylic acids is 2. The van der Waals surface area contributed by atoms with Gasteiger partial charge >= 0.3 is 0 Å². The molecule has 0 radical (unpaired) electrons. The van der Waals surface area contributed by atoms with Gasteiger partial charge in [0.15, 0.2) is 0 Å². The van der Waals surface area contributed by atoms with Crippen LogP contribution in [0.25, 0.3) is 0 Å². The Hall–Kier alpha value is -2.42. The highest BCUT2D eigenvalue weighted by molar-refractivity contribution is 7.89. The Morgan fingerprint density at radius 2 is 1.61 bits per heavy atom. The number of nitrogens with zero attached hydrogens (tertiary/aromatic N) is 1. The minimum atomic E-state index is -3.64. The molecule has 0 spiro atoms. The van der Waals surface area contributed by atoms with Gasteiger partial charge in [0.05, 0.1) is 15.5 Å². The summed E-state index contributed by atoms with van der Waals surface area (Å²) in [5.74, 6) is -0.729. The van der Waals surface area contributed by atoms with Gasteiger partial charge in [0.25, 0.3) is 11.8 Å². The van der Waals surface area contributed by atoms with Crippen LogP contribution in [0, 0.1) is 6.92 Å². The van der Waals surface area contributed by atoms with Gasteiger partial charge in [-0.15, -0.1) is 0 Å². The SMILES string of the molecule is Cc1ccc(C(=O)NCCNC(=O)c2ccccc2Cl)cc1S(=O)(=O)N1CCCCC1. The highest BCUT2D eigenvalue weighted by Crippen LogP contribution is 2.24. The molecule has 0 aromatic heterocycles. The first-order chi connectivity index (χ1) is 14.8. The Morgan fingerprint density at radius 1 is 0.968 bits per heavy atom. The Bertz CT molecular complexity index is 1070. The van der Waals surface area contributed by atoms with Crippen LogP contribution in [-0.4, -0.2) is 50.7 Å². The van der Waals surface area contributed by atoms with Crippen molar-refractivity contribution in [2.45, 2.75) is 31.1 Å². The summed E-state index contributed by atoms with van der Waals surface area (Å²) >= 11 is 6.00. The fourth-order valence-electron chi connectivity index (χ4n) is 3.46. The van der Waals surface area contributed by atoms with E-state index in [0.29, 0.717) is 29.2 Å². The topological polar surface area (TPSA) is 95.6 Å². The Balaban J connectivity index is 1.60. The number of halogens is 1. The van der Waals surface area contributed by atoms with Crippen molar-refractivity contribution in [3.8, 4) is 0 Å². The first-order valence-electron chi connectivity index (χ1n) is 10.2. The second kappa shape index (κ2) is 10.3. The van der Waals surface area contributed by atoms with Crippen LogP contribution in [-0.2, 0) is 10.0 Å². The number of rotatable bonds is 7. The van der Waals surface area contributed by atoms with Gasteiger partial charge in [0, 0.05) is 31.7 Å². The van der Waals surface area contributed by atoms with Gasteiger partial charge in [-0.3, -0.25) is 9.59 Å². The molecule has 0 aliphatic carbocycles. The monoisotopic (exact) mass is 463 g/mol. The van der Waals surface area contributed by atoms with E-state index in [4.69, 9.17) is 11.6 Å². The zero-order valence-corrected chi connectivity index (χ0v) is 18.9. The van der Waals surface area contributed by atoms with E-state index >= 15 is 0 Å². The van der Waals surface area contributed by atoms with Gasteiger partial charge in [-0.25, -0.2) is 8.42 Å². The first-order valence-corrected chi connectivity index (χ1v) is 12.0. The van der Waals surface area contributed by atoms with Crippen molar-refractivity contribution in [1.82, 2.24) is 14.9 Å². The number of aryl methyl sites for hydroxylation is 1. The molecule has 2 aromatic rings. The normalized spacial score (nSPS) is 14.8. The lowest BCUT2D eigenvalue weighted by Gasteiger charge is -2.26. The molecule has 0 unspecified atom stereocenters. The van der Waals surface area contributed by atoms with Crippen molar-refractivity contribution in [2.75, 3.05) is 26.2 Å². The number of piperidine rings is 1. The van der Waals surface area contributed by atoms with E-state index in [1.54, 1.807) is 43.3 Å². The lowest BCUT2D eigenvalue weighted by Crippen LogP contribution is -2.36. The highest BCUT2D eigenvalue weighted by Gasteiger charge is 2.28. The molecule has 9 heteroatoms. The Labute approximate surface area is 187 Å². The minimum absolute atomic E-state index is 0.161. The maximum Gasteiger partial charge on any atom is 0.252 e. The standard InChI is InChI=1S/C22H26ClN3O4S/c1-16-9-10-17(15-20(16)31(29,30)26-13-5-2-6-14-26)21(27)24-11-12-25-22(28)18-7-3-4-8-19(18)23/h3-4,7-10,15H,2,5-6,11-14H2,1H3,(H,24,27)(H,25,28). The van der Waals surface area contributed by atoms with E-state index in [1.807, 2.05) is 0 Å². The van der Waals surface area contributed by atoms with E-state index in [9.17, 15) is 18.0 Å². The van der Waals surface area contributed by atoms with E-state index in [1.165, 1.54) is 10.4 Å². The van der Waals surface area contributed by atoms with Crippen LogP contribution in [0.5, 0.6) is 0 Å². The van der Waals surface area contributed by atoms with Gasteiger partial charge in [0.2, 0.25) is 10.0 Å². The summed E-state index contributed by atoms with van der Waals surface area (Å²) < 4.78 is 27.5. The van der Waals surface area contributed by atoms with Gasteiger partial charge in [-0.05, 0) is 49.6 Å². The molecule has 0 atom stereocenters. The molecular formula is C22H26ClN3O4S. The molecule has 3 rings (SSSR count). The maximum absolute atomic E-state index is 13.0. The molecule has 7 nitrogen and oxygen atoms in total. The molecular weight excluding hydrogens is 438 g/mol. The molecule has 1 aliphatic heterocycles. The third-order valence-electron chi connectivity index (χ3n) is 5.20. The van der Waals surface area contributed by atoms with E-state index in [2.05, 4.69) is 10.6 Å². The van der Waals surface area contributed by atoms with Crippen LogP contribution in [0.2, 0.25) is 5.02 Å². The van der Waals surface area contributed by atoms with Crippen molar-refractivity contribution in [3.63, 3.8) is 0 Å². The largest absolute Gasteiger partial charge is 0.350 e. The van der Waals surface area contributed by atoms with Crippen LogP contribution in [0.15, 0.2) is 47.4 Å². The van der Waals surface area contributed by atoms with Crippen molar-refractivity contribution < 1.29 is 18.0 Å². The summed E-state index contributed by atoms with van der Waals surface area (Å²) in [7, 11) is -3.64. The summed E-state index contributed by atoms with van der Waals surface area (Å²) in [5, 5.41) is 5.75. The molecule has 2 aromatic carbocycles. The van der Waals surface area contributed by atoms with Crippen LogP contribution in [0.4, 0.5) is 0 Å². The quantitative estimate of drug-likeness (QED) is 0.617. The lowest BCUT2D eigenvalue weighted by atomic mass is 10.1. The number of benzene rings is 2. The molecule has 0 saturated carbocycles. The van der Waals surface area contributed by atoms with Crippen molar-refractivity contribution in [2.24, 2.45) is 0 Å². The zero-order chi connectivity index (χ0) is 22.4. The first kappa shape index (κ1) is 23.2. The number of carbonyl (C=O) groups is 2. The van der Waals surface area contributed by atoms with Crippen LogP contribution in [0.1, 0.15) is 45.5 Å². The number of amides is 2. The third kappa shape index (κ3) is 5.64. The summed E-state index contributed by atoms with van der Waals surface area (Å²) in [6, 6.07) is 11.4. The fourth-order valence-corrected chi connectivity index (χ4v) is 5.45. The summed E-state index contributed by atoms with van der Waals surface area (Å²) in [5.41, 5.74) is 1.23.